The van der Waals surface area contributed by atoms with Crippen LogP contribution in [0.2, 0.25) is 0 Å². The molecule has 0 radical (unpaired) electrons. The summed E-state index contributed by atoms with van der Waals surface area (Å²) < 4.78 is 6.19. The number of phenols is 1. The number of para-hydroxylation sites is 1. The second-order valence-electron chi connectivity index (χ2n) is 8.38. The van der Waals surface area contributed by atoms with Crippen LogP contribution in [0.1, 0.15) is 37.2 Å². The number of rotatable bonds is 3. The van der Waals surface area contributed by atoms with Crippen LogP contribution in [0.25, 0.3) is 11.3 Å². The van der Waals surface area contributed by atoms with Crippen molar-refractivity contribution in [1.82, 2.24) is 20.0 Å². The number of hydrogen-bond acceptors (Lipinski definition) is 5. The van der Waals surface area contributed by atoms with E-state index in [1.54, 1.807) is 35.2 Å². The van der Waals surface area contributed by atoms with Crippen LogP contribution < -0.4 is 0 Å². The molecule has 1 aromatic heterocycles. The van der Waals surface area contributed by atoms with Gasteiger partial charge in [-0.2, -0.15) is 5.10 Å². The van der Waals surface area contributed by atoms with Crippen molar-refractivity contribution < 1.29 is 19.4 Å². The van der Waals surface area contributed by atoms with Gasteiger partial charge in [-0.25, -0.2) is 0 Å². The van der Waals surface area contributed by atoms with E-state index in [0.717, 1.165) is 0 Å². The van der Waals surface area contributed by atoms with Crippen LogP contribution in [0.5, 0.6) is 5.75 Å². The summed E-state index contributed by atoms with van der Waals surface area (Å²) in [5.74, 6) is 0.264. The second-order valence-corrected chi connectivity index (χ2v) is 8.38. The van der Waals surface area contributed by atoms with Crippen LogP contribution in [0.3, 0.4) is 0 Å². The van der Waals surface area contributed by atoms with E-state index in [-0.39, 0.29) is 36.1 Å². The van der Waals surface area contributed by atoms with E-state index in [1.807, 2.05) is 4.90 Å². The zero-order chi connectivity index (χ0) is 20.3. The number of nitrogens with one attached hydrogen (secondary N) is 1. The molecule has 3 aliphatic rings. The van der Waals surface area contributed by atoms with E-state index < -0.39 is 5.72 Å². The molecule has 3 atom stereocenters. The minimum atomic E-state index is -0.692. The zero-order valence-electron chi connectivity index (χ0n) is 16.5. The van der Waals surface area contributed by atoms with Crippen LogP contribution in [-0.2, 0) is 9.53 Å². The number of aromatic hydroxyl groups is 1. The number of likely N-dealkylation sites (tertiary alicyclic amines) is 1. The fourth-order valence-electron chi connectivity index (χ4n) is 5.03. The summed E-state index contributed by atoms with van der Waals surface area (Å²) in [5, 5.41) is 17.0. The molecule has 2 amide bonds. The number of hydrogen-bond donors (Lipinski definition) is 2. The summed E-state index contributed by atoms with van der Waals surface area (Å²) in [5.41, 5.74) is 0.704. The Balaban J connectivity index is 1.42. The largest absolute Gasteiger partial charge is 0.507 e. The van der Waals surface area contributed by atoms with E-state index >= 15 is 0 Å². The van der Waals surface area contributed by atoms with Crippen molar-refractivity contribution >= 4 is 11.8 Å². The van der Waals surface area contributed by atoms with Crippen molar-refractivity contribution in [3.05, 3.63) is 36.0 Å². The molecule has 2 N–H and O–H groups in total. The third-order valence-corrected chi connectivity index (χ3v) is 6.51. The Morgan fingerprint density at radius 1 is 1.38 bits per heavy atom. The van der Waals surface area contributed by atoms with E-state index in [9.17, 15) is 14.7 Å². The summed E-state index contributed by atoms with van der Waals surface area (Å²) in [6.45, 7) is 5.24. The first kappa shape index (κ1) is 18.2. The zero-order valence-corrected chi connectivity index (χ0v) is 16.5. The lowest BCUT2D eigenvalue weighted by atomic mass is 10.0. The molecule has 8 heteroatoms. The van der Waals surface area contributed by atoms with Crippen LogP contribution in [0, 0.1) is 5.92 Å². The molecule has 152 valence electrons. The number of nitrogens with zero attached hydrogens (tertiary/aromatic N) is 3. The molecule has 2 aromatic rings. The Hall–Kier alpha value is -2.87. The maximum Gasteiger partial charge on any atom is 0.272 e. The highest BCUT2D eigenvalue weighted by atomic mass is 16.5. The van der Waals surface area contributed by atoms with Gasteiger partial charge in [-0.1, -0.05) is 26.0 Å². The number of ether oxygens (including phenoxy) is 1. The molecular formula is C21H24N4O4. The lowest BCUT2D eigenvalue weighted by Gasteiger charge is -2.34. The standard InChI is InChI=1S/C21H24N4O4/c1-12(2)16-11-29-21-7-8-24(18(21)10-19(27)25(16)21)20(28)15-9-14(22-23-15)13-5-3-4-6-17(13)26/h3-6,9,12,16,18,26H,7-8,10-11H2,1-2H3,(H,22,23)/t16-,18+,21-/m0/s1. The lowest BCUT2D eigenvalue weighted by Crippen LogP contribution is -2.51. The van der Waals surface area contributed by atoms with E-state index in [2.05, 4.69) is 24.0 Å². The predicted molar refractivity (Wildman–Crippen MR) is 104 cm³/mol. The van der Waals surface area contributed by atoms with Crippen LogP contribution in [0.15, 0.2) is 30.3 Å². The Labute approximate surface area is 168 Å². The molecule has 0 unspecified atom stereocenters. The first-order chi connectivity index (χ1) is 13.9. The van der Waals surface area contributed by atoms with Crippen molar-refractivity contribution in [1.29, 1.82) is 0 Å². The first-order valence-corrected chi connectivity index (χ1v) is 10.0. The third-order valence-electron chi connectivity index (χ3n) is 6.51. The molecule has 0 saturated carbocycles. The average molecular weight is 396 g/mol. The van der Waals surface area contributed by atoms with E-state index in [4.69, 9.17) is 4.74 Å². The lowest BCUT2D eigenvalue weighted by molar-refractivity contribution is -0.139. The van der Waals surface area contributed by atoms with Crippen LogP contribution >= 0.6 is 0 Å². The fraction of sp³-hybridized carbons (Fsp3) is 0.476. The summed E-state index contributed by atoms with van der Waals surface area (Å²) in [6.07, 6.45) is 0.911. The molecule has 0 bridgehead atoms. The topological polar surface area (TPSA) is 98.8 Å². The van der Waals surface area contributed by atoms with Gasteiger partial charge in [0.2, 0.25) is 5.91 Å². The van der Waals surface area contributed by atoms with Gasteiger partial charge in [-0.05, 0) is 24.1 Å². The number of carbonyl (C=O) groups excluding carboxylic acids is 2. The summed E-state index contributed by atoms with van der Waals surface area (Å²) in [7, 11) is 0. The van der Waals surface area contributed by atoms with Gasteiger partial charge in [0.05, 0.1) is 30.8 Å². The monoisotopic (exact) mass is 396 g/mol. The summed E-state index contributed by atoms with van der Waals surface area (Å²) in [4.78, 5) is 29.6. The first-order valence-electron chi connectivity index (χ1n) is 10.0. The molecule has 1 spiro atoms. The predicted octanol–water partition coefficient (Wildman–Crippen LogP) is 1.98. The highest BCUT2D eigenvalue weighted by Crippen LogP contribution is 2.49. The number of aromatic nitrogens is 2. The fourth-order valence-corrected chi connectivity index (χ4v) is 5.03. The number of benzene rings is 1. The normalized spacial score (nSPS) is 28.3. The Bertz CT molecular complexity index is 987. The molecule has 0 aliphatic carbocycles. The Morgan fingerprint density at radius 3 is 2.93 bits per heavy atom. The average Bonchev–Trinajstić information content (AvgIpc) is 3.43. The Morgan fingerprint density at radius 2 is 2.17 bits per heavy atom. The van der Waals surface area contributed by atoms with Gasteiger partial charge in [-0.3, -0.25) is 14.7 Å². The van der Waals surface area contributed by atoms with Crippen molar-refractivity contribution in [2.24, 2.45) is 5.92 Å². The Kier molecular flexibility index (Phi) is 3.96. The highest BCUT2D eigenvalue weighted by molar-refractivity contribution is 5.95. The quantitative estimate of drug-likeness (QED) is 0.827. The van der Waals surface area contributed by atoms with Crippen molar-refractivity contribution in [3.8, 4) is 17.0 Å². The smallest absolute Gasteiger partial charge is 0.272 e. The maximum absolute atomic E-state index is 13.2. The summed E-state index contributed by atoms with van der Waals surface area (Å²) >= 11 is 0. The van der Waals surface area contributed by atoms with Gasteiger partial charge in [0, 0.05) is 18.5 Å². The molecule has 1 aromatic carbocycles. The SMILES string of the molecule is CC(C)[C@@H]1CO[C@@]23CCN(C(=O)c4cc(-c5ccccc5O)n[nH]4)[C@@H]2CC(=O)N13. The molecule has 5 rings (SSSR count). The second kappa shape index (κ2) is 6.32. The minimum Gasteiger partial charge on any atom is -0.507 e. The molecule has 3 fully saturated rings. The van der Waals surface area contributed by atoms with E-state index in [1.165, 1.54) is 0 Å². The highest BCUT2D eigenvalue weighted by Gasteiger charge is 2.65. The van der Waals surface area contributed by atoms with Crippen LogP contribution in [-0.4, -0.2) is 67.9 Å². The molecule has 3 saturated heterocycles. The number of H-pyrrole nitrogens is 1. The van der Waals surface area contributed by atoms with Gasteiger partial charge in [-0.15, -0.1) is 0 Å². The van der Waals surface area contributed by atoms with Gasteiger partial charge >= 0.3 is 0 Å². The molecule has 29 heavy (non-hydrogen) atoms. The third kappa shape index (κ3) is 2.51. The summed E-state index contributed by atoms with van der Waals surface area (Å²) in [6, 6.07) is 8.27. The molecule has 3 aliphatic heterocycles. The van der Waals surface area contributed by atoms with Crippen molar-refractivity contribution in [2.45, 2.75) is 44.5 Å². The van der Waals surface area contributed by atoms with Gasteiger partial charge < -0.3 is 19.6 Å². The molecular weight excluding hydrogens is 372 g/mol. The molecule has 8 nitrogen and oxygen atoms in total. The van der Waals surface area contributed by atoms with Gasteiger partial charge in [0.1, 0.15) is 11.4 Å². The number of aromatic amines is 1. The van der Waals surface area contributed by atoms with Gasteiger partial charge in [0.15, 0.2) is 5.72 Å². The number of phenolic OH excluding ortho intramolecular Hbond substituents is 1. The van der Waals surface area contributed by atoms with Gasteiger partial charge in [0.25, 0.3) is 5.91 Å². The maximum atomic E-state index is 13.2. The number of amides is 2. The van der Waals surface area contributed by atoms with Crippen LogP contribution in [0.4, 0.5) is 0 Å². The van der Waals surface area contributed by atoms with Crippen molar-refractivity contribution in [3.63, 3.8) is 0 Å². The molecule has 4 heterocycles. The van der Waals surface area contributed by atoms with E-state index in [0.29, 0.717) is 42.4 Å². The van der Waals surface area contributed by atoms with Crippen molar-refractivity contribution in [2.75, 3.05) is 13.2 Å². The minimum absolute atomic E-state index is 0.0577. The number of carbonyl (C=O) groups is 2.